The summed E-state index contributed by atoms with van der Waals surface area (Å²) >= 11 is 3.98. The van der Waals surface area contributed by atoms with Crippen LogP contribution in [0.4, 0.5) is 54.1 Å². The number of nitrogen functional groups attached to an aromatic ring is 4. The summed E-state index contributed by atoms with van der Waals surface area (Å²) in [7, 11) is 0. The van der Waals surface area contributed by atoms with Gasteiger partial charge in [-0.15, -0.1) is 34.0 Å². The highest BCUT2D eigenvalue weighted by Crippen LogP contribution is 2.36. The van der Waals surface area contributed by atoms with E-state index in [9.17, 15) is 47.9 Å². The molecule has 15 heterocycles. The lowest BCUT2D eigenvalue weighted by Gasteiger charge is -2.26. The first kappa shape index (κ1) is 85.3. The van der Waals surface area contributed by atoms with Gasteiger partial charge in [0, 0.05) is 103 Å². The summed E-state index contributed by atoms with van der Waals surface area (Å²) in [5.74, 6) is 5.38. The van der Waals surface area contributed by atoms with E-state index in [0.717, 1.165) is 13.0 Å². The standard InChI is InChI=1S/C24H26N8O4S.C23H20N8O3S.C19H18N8O2S.C15H21N5O3/c1-24(2,3)36-23(35)30-10-8-16(12-30)32-19-17(18(25)27-13-28-19)31(22(32)34)15-6-4-14(5-7-15)20(33)29-21-26-9-11-37-21;1-2-3-17(32)29-10-8-16(12-29)31-20-18(19(24)26-13-27-20)30(23(31)34)15-6-4-14(5-7-15)21(33)28-22-25-9-11-35-22;20-15-14-16(24-10-23-15)27(13-5-6-21-9-13)19(29)26(14)12-3-1-11(2-4-12)17(28)25-18-22-7-8-30-18;1-15(2,3)23-14(22)19-5-4-9(7-19)20-11(21)6-10-12(16)17-8-18-13(10)20/h4-7,9,11,13,16H,8,10,12H2,1-3H3,(H2,25,27,28)(H,26,29,33);4-7,9,11,13,16H,8,10,12H2,1H3,(H2,24,26,27)(H,25,28,33);1-4,7-8,10,13,21H,5-6,9H2,(H2,20,23,24)(H,22,25,28);8-9H,4-7H2,1-3H3,(H2,16,17,18)/t2*16-;13-;9-/m1111/s1. The maximum absolute atomic E-state index is 13.7. The quantitative estimate of drug-likeness (QED) is 0.0534. The Morgan fingerprint density at radius 2 is 0.816 bits per heavy atom. The molecule has 644 valence electrons. The van der Waals surface area contributed by atoms with Crippen molar-refractivity contribution in [2.45, 2.75) is 116 Å². The van der Waals surface area contributed by atoms with Crippen molar-refractivity contribution < 1.29 is 43.0 Å². The van der Waals surface area contributed by atoms with Crippen molar-refractivity contribution in [2.75, 3.05) is 96.1 Å². The third-order valence-electron chi connectivity index (χ3n) is 20.8. The van der Waals surface area contributed by atoms with Crippen LogP contribution in [0.1, 0.15) is 129 Å². The minimum absolute atomic E-state index is 0.00102. The number of carbonyl (C=O) groups excluding carboxylic acids is 7. The summed E-state index contributed by atoms with van der Waals surface area (Å²) in [5, 5.41) is 18.3. The molecule has 10 aromatic heterocycles. The van der Waals surface area contributed by atoms with Crippen molar-refractivity contribution in [1.82, 2.24) is 102 Å². The molecule has 44 heteroatoms. The number of nitrogens with zero attached hydrogens (tertiary/aromatic N) is 21. The topological polar surface area (TPSA) is 526 Å². The lowest BCUT2D eigenvalue weighted by Crippen LogP contribution is -2.42. The molecule has 13 aromatic rings. The number of fused-ring (bicyclic) bond motifs is 4. The number of nitrogens with two attached hydrogens (primary N) is 4. The van der Waals surface area contributed by atoms with Crippen LogP contribution in [-0.4, -0.2) is 208 Å². The second-order valence-electron chi connectivity index (χ2n) is 31.2. The normalized spacial score (nSPS) is 16.6. The van der Waals surface area contributed by atoms with Crippen LogP contribution in [0, 0.1) is 11.8 Å². The van der Waals surface area contributed by atoms with Crippen LogP contribution < -0.4 is 66.2 Å². The van der Waals surface area contributed by atoms with Crippen LogP contribution in [0.2, 0.25) is 0 Å². The van der Waals surface area contributed by atoms with Gasteiger partial charge in [0.25, 0.3) is 23.6 Å². The van der Waals surface area contributed by atoms with Gasteiger partial charge < -0.3 is 52.4 Å². The fourth-order valence-electron chi connectivity index (χ4n) is 15.2. The number of imidazole rings is 3. The zero-order chi connectivity index (χ0) is 88.3. The summed E-state index contributed by atoms with van der Waals surface area (Å²) in [6.45, 7) is 16.6. The van der Waals surface area contributed by atoms with Crippen LogP contribution in [0.3, 0.4) is 0 Å². The smallest absolute Gasteiger partial charge is 0.410 e. The van der Waals surface area contributed by atoms with Gasteiger partial charge in [-0.05, 0) is 159 Å². The highest BCUT2D eigenvalue weighted by atomic mass is 32.1. The van der Waals surface area contributed by atoms with E-state index in [1.54, 1.807) is 148 Å². The predicted octanol–water partition coefficient (Wildman–Crippen LogP) is 7.09. The molecule has 0 unspecified atom stereocenters. The van der Waals surface area contributed by atoms with E-state index < -0.39 is 17.3 Å². The van der Waals surface area contributed by atoms with Crippen molar-refractivity contribution in [3.8, 4) is 28.9 Å². The van der Waals surface area contributed by atoms with Crippen LogP contribution in [0.25, 0.3) is 50.6 Å². The predicted molar refractivity (Wildman–Crippen MR) is 468 cm³/mol. The molecule has 4 fully saturated rings. The van der Waals surface area contributed by atoms with Crippen LogP contribution in [0.5, 0.6) is 0 Å². The second-order valence-corrected chi connectivity index (χ2v) is 33.9. The van der Waals surface area contributed by atoms with Gasteiger partial charge in [-0.2, -0.15) is 0 Å². The number of benzene rings is 3. The third-order valence-corrected chi connectivity index (χ3v) is 22.8. The Hall–Kier alpha value is -14.7. The number of ether oxygens (including phenoxy) is 2. The van der Waals surface area contributed by atoms with Gasteiger partial charge in [-0.25, -0.2) is 78.8 Å². The Morgan fingerprint density at radius 1 is 0.456 bits per heavy atom. The van der Waals surface area contributed by atoms with Gasteiger partial charge in [-0.1, -0.05) is 5.92 Å². The molecule has 18 rings (SSSR count). The molecule has 0 aliphatic carbocycles. The zero-order valence-electron chi connectivity index (χ0n) is 68.5. The zero-order valence-corrected chi connectivity index (χ0v) is 71.0. The molecule has 0 saturated carbocycles. The summed E-state index contributed by atoms with van der Waals surface area (Å²) in [6, 6.07) is 19.1. The average Bonchev–Trinajstić information content (AvgIpc) is 1.60. The van der Waals surface area contributed by atoms with E-state index in [1.807, 2.05) is 41.5 Å². The van der Waals surface area contributed by atoms with Crippen LogP contribution >= 0.6 is 34.0 Å². The van der Waals surface area contributed by atoms with Crippen molar-refractivity contribution in [3.05, 3.63) is 187 Å². The Bertz CT molecular complexity index is 6520. The molecule has 0 bridgehead atoms. The number of hydrogen-bond acceptors (Lipinski definition) is 31. The number of hydrogen-bond donors (Lipinski definition) is 8. The van der Waals surface area contributed by atoms with Crippen molar-refractivity contribution >= 4 is 154 Å². The SMILES string of the molecule is CC#CC(=O)N1CC[C@@H](n2c(=O)n(-c3ccc(C(=O)Nc4nccs4)cc3)c3c(N)ncnc32)C1.CC(C)(C)OC(=O)N1CC[C@@H](N2C(=O)Cc3c(N)ncnc32)C1.CC(C)(C)OC(=O)N1CC[C@@H](n2c(=O)n(-c3ccc(C(=O)Nc4nccs4)cc3)c3c(N)ncnc32)C1.Nc1ncnc2c1n(-c1ccc(C(=O)Nc3nccs3)cc1)c(=O)n2[C@@H]1CCNC1. The number of rotatable bonds is 13. The Morgan fingerprint density at radius 3 is 1.18 bits per heavy atom. The minimum Gasteiger partial charge on any atom is -0.444 e. The average molecular weight is 1750 g/mol. The molecule has 7 amide bonds. The van der Waals surface area contributed by atoms with Gasteiger partial charge in [0.05, 0.1) is 47.7 Å². The number of anilines is 8. The van der Waals surface area contributed by atoms with Crippen LogP contribution in [0.15, 0.2) is 147 Å². The monoisotopic (exact) mass is 1750 g/mol. The Balaban J connectivity index is 0.000000131. The largest absolute Gasteiger partial charge is 0.444 e. The number of aromatic nitrogens is 17. The van der Waals surface area contributed by atoms with Crippen molar-refractivity contribution in [3.63, 3.8) is 0 Å². The molecule has 41 nitrogen and oxygen atoms in total. The number of likely N-dealkylation sites (tertiary alicyclic amines) is 3. The van der Waals surface area contributed by atoms with E-state index >= 15 is 0 Å². The van der Waals surface area contributed by atoms with E-state index in [0.29, 0.717) is 165 Å². The number of amides is 7. The molecule has 12 N–H and O–H groups in total. The molecule has 0 spiro atoms. The molecule has 4 atom stereocenters. The lowest BCUT2D eigenvalue weighted by atomic mass is 10.2. The van der Waals surface area contributed by atoms with E-state index in [2.05, 4.69) is 87.9 Å². The van der Waals surface area contributed by atoms with E-state index in [-0.39, 0.29) is 101 Å². The summed E-state index contributed by atoms with van der Waals surface area (Å²) < 4.78 is 20.0. The molecule has 3 aromatic carbocycles. The first-order valence-corrected chi connectivity index (χ1v) is 42.1. The van der Waals surface area contributed by atoms with E-state index in [4.69, 9.17) is 32.4 Å². The summed E-state index contributed by atoms with van der Waals surface area (Å²) in [4.78, 5) is 180. The molecule has 0 radical (unpaired) electrons. The molecule has 125 heavy (non-hydrogen) atoms. The molecular weight excluding hydrogens is 1670 g/mol. The first-order valence-electron chi connectivity index (χ1n) is 39.4. The summed E-state index contributed by atoms with van der Waals surface area (Å²) in [6.07, 6.45) is 12.3. The number of carbonyl (C=O) groups is 7. The second kappa shape index (κ2) is 35.8. The first-order chi connectivity index (χ1) is 60.0. The number of nitrogens with one attached hydrogen (secondary N) is 4. The molecule has 5 aliphatic rings. The number of thiazole rings is 3. The lowest BCUT2D eigenvalue weighted by molar-refractivity contribution is -0.124. The van der Waals surface area contributed by atoms with E-state index in [1.165, 1.54) is 73.0 Å². The maximum atomic E-state index is 13.7. The molecule has 4 saturated heterocycles. The Labute approximate surface area is 722 Å². The fourth-order valence-corrected chi connectivity index (χ4v) is 16.7. The third kappa shape index (κ3) is 18.1. The summed E-state index contributed by atoms with van der Waals surface area (Å²) in [5.41, 5.74) is 28.2. The Kier molecular flexibility index (Phi) is 24.4. The maximum Gasteiger partial charge on any atom is 0.410 e. The van der Waals surface area contributed by atoms with Gasteiger partial charge in [0.2, 0.25) is 5.91 Å². The van der Waals surface area contributed by atoms with Gasteiger partial charge >= 0.3 is 29.3 Å². The highest BCUT2D eigenvalue weighted by Gasteiger charge is 2.42. The van der Waals surface area contributed by atoms with Gasteiger partial charge in [0.15, 0.2) is 49.8 Å². The van der Waals surface area contributed by atoms with Gasteiger partial charge in [0.1, 0.15) is 64.7 Å². The van der Waals surface area contributed by atoms with Gasteiger partial charge in [-0.3, -0.25) is 72.2 Å². The van der Waals surface area contributed by atoms with Crippen LogP contribution in [-0.2, 0) is 25.5 Å². The molecular formula is C81H85N29O12S3. The molecule has 5 aliphatic heterocycles. The minimum atomic E-state index is -0.618. The van der Waals surface area contributed by atoms with Crippen molar-refractivity contribution in [2.24, 2.45) is 0 Å². The fraction of sp³-hybridized carbons (Fsp3) is 0.321. The highest BCUT2D eigenvalue weighted by molar-refractivity contribution is 7.14. The van der Waals surface area contributed by atoms with Crippen molar-refractivity contribution in [1.29, 1.82) is 0 Å².